The summed E-state index contributed by atoms with van der Waals surface area (Å²) in [6.45, 7) is 0. The zero-order valence-electron chi connectivity index (χ0n) is 20.5. The third-order valence-corrected chi connectivity index (χ3v) is 7.97. The fourth-order valence-electron chi connectivity index (χ4n) is 6.05. The van der Waals surface area contributed by atoms with Crippen LogP contribution in [-0.2, 0) is 4.74 Å². The normalized spacial score (nSPS) is 21.9. The lowest BCUT2D eigenvalue weighted by Gasteiger charge is -2.41. The zero-order valence-corrected chi connectivity index (χ0v) is 20.5. The lowest BCUT2D eigenvalue weighted by Crippen LogP contribution is -2.43. The summed E-state index contributed by atoms with van der Waals surface area (Å²) < 4.78 is 6.53. The zero-order chi connectivity index (χ0) is 23.4. The van der Waals surface area contributed by atoms with Crippen LogP contribution >= 0.6 is 0 Å². The molecule has 2 fully saturated rings. The molecule has 184 valence electrons. The highest BCUT2D eigenvalue weighted by Gasteiger charge is 2.41. The number of hydrogen-bond donors (Lipinski definition) is 1. The van der Waals surface area contributed by atoms with Crippen LogP contribution in [0, 0.1) is 5.92 Å². The summed E-state index contributed by atoms with van der Waals surface area (Å²) in [7, 11) is 0. The molecule has 0 saturated heterocycles. The molecule has 1 aromatic carbocycles. The SMILES string of the molecule is O=C(O)c1ccccc1C(=O)OC1(C2CCCCCCCCC2)CCCCCCCCCC1. The minimum absolute atomic E-state index is 0.0419. The van der Waals surface area contributed by atoms with Crippen molar-refractivity contribution >= 4 is 11.9 Å². The Hall–Kier alpha value is -1.84. The first-order valence-electron chi connectivity index (χ1n) is 13.7. The average molecular weight is 457 g/mol. The number of carbonyl (C=O) groups is 2. The van der Waals surface area contributed by atoms with Gasteiger partial charge in [-0.05, 0) is 56.6 Å². The highest BCUT2D eigenvalue weighted by Crippen LogP contribution is 2.41. The van der Waals surface area contributed by atoms with Crippen molar-refractivity contribution in [1.82, 2.24) is 0 Å². The van der Waals surface area contributed by atoms with Crippen molar-refractivity contribution in [1.29, 1.82) is 0 Å². The van der Waals surface area contributed by atoms with E-state index in [4.69, 9.17) is 4.74 Å². The van der Waals surface area contributed by atoms with E-state index >= 15 is 0 Å². The van der Waals surface area contributed by atoms with Crippen molar-refractivity contribution in [2.45, 2.75) is 128 Å². The lowest BCUT2D eigenvalue weighted by atomic mass is 9.73. The van der Waals surface area contributed by atoms with Gasteiger partial charge in [0.2, 0.25) is 0 Å². The molecule has 1 N–H and O–H groups in total. The molecule has 0 radical (unpaired) electrons. The molecule has 0 aliphatic heterocycles. The van der Waals surface area contributed by atoms with Crippen molar-refractivity contribution in [2.75, 3.05) is 0 Å². The van der Waals surface area contributed by atoms with Gasteiger partial charge >= 0.3 is 11.9 Å². The highest BCUT2D eigenvalue weighted by molar-refractivity contribution is 6.02. The van der Waals surface area contributed by atoms with E-state index in [2.05, 4.69) is 0 Å². The second-order valence-electron chi connectivity index (χ2n) is 10.4. The molecule has 0 spiro atoms. The Labute approximate surface area is 200 Å². The number of aromatic carboxylic acids is 1. The van der Waals surface area contributed by atoms with Crippen molar-refractivity contribution in [2.24, 2.45) is 5.92 Å². The minimum Gasteiger partial charge on any atom is -0.478 e. The van der Waals surface area contributed by atoms with Crippen molar-refractivity contribution < 1.29 is 19.4 Å². The van der Waals surface area contributed by atoms with Gasteiger partial charge in [-0.3, -0.25) is 0 Å². The van der Waals surface area contributed by atoms with E-state index in [0.29, 0.717) is 5.92 Å². The molecule has 1 aromatic rings. The molecule has 0 unspecified atom stereocenters. The van der Waals surface area contributed by atoms with E-state index < -0.39 is 17.5 Å². The summed E-state index contributed by atoms with van der Waals surface area (Å²) in [5.41, 5.74) is -0.231. The summed E-state index contributed by atoms with van der Waals surface area (Å²) >= 11 is 0. The number of benzene rings is 1. The molecule has 0 bridgehead atoms. The Morgan fingerprint density at radius 3 is 1.58 bits per heavy atom. The third kappa shape index (κ3) is 7.86. The second-order valence-corrected chi connectivity index (χ2v) is 10.4. The van der Waals surface area contributed by atoms with Crippen LogP contribution in [0.2, 0.25) is 0 Å². The van der Waals surface area contributed by atoms with Gasteiger partial charge in [-0.1, -0.05) is 95.6 Å². The average Bonchev–Trinajstić information content (AvgIpc) is 2.88. The Balaban J connectivity index is 1.89. The number of esters is 1. The van der Waals surface area contributed by atoms with E-state index in [1.807, 2.05) is 0 Å². The number of rotatable bonds is 4. The molecule has 2 aliphatic carbocycles. The first kappa shape index (κ1) is 25.8. The van der Waals surface area contributed by atoms with E-state index in [9.17, 15) is 14.7 Å². The van der Waals surface area contributed by atoms with Crippen molar-refractivity contribution in [3.63, 3.8) is 0 Å². The van der Waals surface area contributed by atoms with Crippen LogP contribution in [0.25, 0.3) is 0 Å². The highest BCUT2D eigenvalue weighted by atomic mass is 16.6. The number of carbonyl (C=O) groups excluding carboxylic acids is 1. The summed E-state index contributed by atoms with van der Waals surface area (Å²) in [5, 5.41) is 9.63. The van der Waals surface area contributed by atoms with E-state index in [-0.39, 0.29) is 11.1 Å². The lowest BCUT2D eigenvalue weighted by molar-refractivity contribution is -0.0704. The predicted octanol–water partition coefficient (Wildman–Crippen LogP) is 8.34. The first-order chi connectivity index (χ1) is 16.1. The molecule has 0 aromatic heterocycles. The van der Waals surface area contributed by atoms with Gasteiger partial charge < -0.3 is 9.84 Å². The van der Waals surface area contributed by atoms with Crippen LogP contribution in [0.4, 0.5) is 0 Å². The topological polar surface area (TPSA) is 63.6 Å². The van der Waals surface area contributed by atoms with Gasteiger partial charge in [0.25, 0.3) is 0 Å². The summed E-state index contributed by atoms with van der Waals surface area (Å²) in [6.07, 6.45) is 22.7. The van der Waals surface area contributed by atoms with E-state index in [0.717, 1.165) is 38.5 Å². The van der Waals surface area contributed by atoms with Crippen LogP contribution in [0.1, 0.15) is 143 Å². The molecule has 0 heterocycles. The van der Waals surface area contributed by atoms with Gasteiger partial charge in [0.15, 0.2) is 0 Å². The number of ether oxygens (including phenoxy) is 1. The maximum absolute atomic E-state index is 13.5. The van der Waals surface area contributed by atoms with Crippen molar-refractivity contribution in [3.8, 4) is 0 Å². The quantitative estimate of drug-likeness (QED) is 0.462. The van der Waals surface area contributed by atoms with Crippen LogP contribution in [0.3, 0.4) is 0 Å². The van der Waals surface area contributed by atoms with Crippen molar-refractivity contribution in [3.05, 3.63) is 35.4 Å². The molecule has 4 heteroatoms. The molecule has 33 heavy (non-hydrogen) atoms. The first-order valence-corrected chi connectivity index (χ1v) is 13.7. The second kappa shape index (κ2) is 13.8. The monoisotopic (exact) mass is 456 g/mol. The van der Waals surface area contributed by atoms with Crippen LogP contribution in [0.15, 0.2) is 24.3 Å². The van der Waals surface area contributed by atoms with Gasteiger partial charge in [-0.25, -0.2) is 9.59 Å². The molecule has 2 saturated carbocycles. The fourth-order valence-corrected chi connectivity index (χ4v) is 6.05. The van der Waals surface area contributed by atoms with Crippen LogP contribution in [-0.4, -0.2) is 22.6 Å². The maximum atomic E-state index is 13.5. The molecule has 0 amide bonds. The largest absolute Gasteiger partial charge is 0.478 e. The molecule has 3 rings (SSSR count). The van der Waals surface area contributed by atoms with Gasteiger partial charge in [-0.15, -0.1) is 0 Å². The third-order valence-electron chi connectivity index (χ3n) is 7.97. The van der Waals surface area contributed by atoms with E-state index in [1.54, 1.807) is 18.2 Å². The van der Waals surface area contributed by atoms with Crippen LogP contribution < -0.4 is 0 Å². The van der Waals surface area contributed by atoms with Gasteiger partial charge in [0, 0.05) is 0 Å². The Kier molecular flexibility index (Phi) is 10.8. The molecule has 0 atom stereocenters. The van der Waals surface area contributed by atoms with Gasteiger partial charge in [-0.2, -0.15) is 0 Å². The predicted molar refractivity (Wildman–Crippen MR) is 133 cm³/mol. The molecular weight excluding hydrogens is 412 g/mol. The Bertz CT molecular complexity index is 719. The summed E-state index contributed by atoms with van der Waals surface area (Å²) in [5.74, 6) is -1.14. The summed E-state index contributed by atoms with van der Waals surface area (Å²) in [6, 6.07) is 6.52. The minimum atomic E-state index is -1.07. The fraction of sp³-hybridized carbons (Fsp3) is 0.724. The Morgan fingerprint density at radius 1 is 0.667 bits per heavy atom. The number of hydrogen-bond acceptors (Lipinski definition) is 3. The number of carboxylic acid groups (broad SMARTS) is 1. The smallest absolute Gasteiger partial charge is 0.339 e. The standard InChI is InChI=1S/C29H44O4/c30-27(31)25-20-14-15-21-26(25)28(32)33-29(22-16-10-6-1-2-7-11-17-23-29)24-18-12-8-4-3-5-9-13-19-24/h14-15,20-21,24H,1-13,16-19,22-23H2,(H,30,31). The van der Waals surface area contributed by atoms with Gasteiger partial charge in [0.1, 0.15) is 5.60 Å². The maximum Gasteiger partial charge on any atom is 0.339 e. The molecule has 4 nitrogen and oxygen atoms in total. The Morgan fingerprint density at radius 2 is 1.09 bits per heavy atom. The molecule has 2 aliphatic rings. The van der Waals surface area contributed by atoms with Gasteiger partial charge in [0.05, 0.1) is 11.1 Å². The van der Waals surface area contributed by atoms with E-state index in [1.165, 1.54) is 89.5 Å². The summed E-state index contributed by atoms with van der Waals surface area (Å²) in [4.78, 5) is 25.3. The number of carboxylic acids is 1. The molecular formula is C29H44O4. The van der Waals surface area contributed by atoms with Crippen LogP contribution in [0.5, 0.6) is 0 Å².